The van der Waals surface area contributed by atoms with E-state index in [0.29, 0.717) is 17.9 Å². The van der Waals surface area contributed by atoms with Gasteiger partial charge in [0.05, 0.1) is 5.54 Å². The first kappa shape index (κ1) is 14.8. The van der Waals surface area contributed by atoms with Gasteiger partial charge in [-0.15, -0.1) is 0 Å². The van der Waals surface area contributed by atoms with Crippen molar-refractivity contribution in [2.75, 3.05) is 27.2 Å². The molecule has 2 aliphatic rings. The van der Waals surface area contributed by atoms with Crippen molar-refractivity contribution in [1.29, 1.82) is 0 Å². The first-order valence-corrected chi connectivity index (χ1v) is 7.58. The Balaban J connectivity index is 2.04. The van der Waals surface area contributed by atoms with E-state index in [1.54, 1.807) is 0 Å². The number of rotatable bonds is 2. The average molecular weight is 267 g/mol. The van der Waals surface area contributed by atoms with Gasteiger partial charge in [0.2, 0.25) is 5.91 Å². The van der Waals surface area contributed by atoms with E-state index in [-0.39, 0.29) is 5.91 Å². The molecule has 1 saturated carbocycles. The molecule has 4 atom stereocenters. The maximum Gasteiger partial charge on any atom is 0.242 e. The number of likely N-dealkylation sites (N-methyl/N-ethyl adjacent to an activating group) is 1. The summed E-state index contributed by atoms with van der Waals surface area (Å²) in [6.07, 6.45) is 4.00. The molecule has 4 nitrogen and oxygen atoms in total. The van der Waals surface area contributed by atoms with Gasteiger partial charge in [-0.25, -0.2) is 0 Å². The molecule has 19 heavy (non-hydrogen) atoms. The summed E-state index contributed by atoms with van der Waals surface area (Å²) < 4.78 is 0. The molecule has 1 aliphatic carbocycles. The van der Waals surface area contributed by atoms with Crippen LogP contribution in [0.15, 0.2) is 0 Å². The van der Waals surface area contributed by atoms with E-state index in [2.05, 4.69) is 32.8 Å². The van der Waals surface area contributed by atoms with E-state index in [9.17, 15) is 4.79 Å². The molecule has 1 amide bonds. The van der Waals surface area contributed by atoms with Crippen molar-refractivity contribution < 1.29 is 4.79 Å². The van der Waals surface area contributed by atoms with Crippen molar-refractivity contribution in [1.82, 2.24) is 9.80 Å². The number of carbonyl (C=O) groups excluding carboxylic acids is 1. The number of nitrogens with zero attached hydrogens (tertiary/aromatic N) is 2. The van der Waals surface area contributed by atoms with Crippen LogP contribution in [0.2, 0.25) is 0 Å². The molecule has 110 valence electrons. The van der Waals surface area contributed by atoms with Gasteiger partial charge in [0.25, 0.3) is 0 Å². The lowest BCUT2D eigenvalue weighted by atomic mass is 9.76. The number of nitrogens with two attached hydrogens (primary N) is 1. The molecule has 0 radical (unpaired) electrons. The summed E-state index contributed by atoms with van der Waals surface area (Å²) in [5.41, 5.74) is 5.84. The van der Waals surface area contributed by atoms with Crippen LogP contribution in [0.3, 0.4) is 0 Å². The Morgan fingerprint density at radius 2 is 2.00 bits per heavy atom. The molecular weight excluding hydrogens is 238 g/mol. The summed E-state index contributed by atoms with van der Waals surface area (Å²) in [5.74, 6) is 1.30. The van der Waals surface area contributed by atoms with E-state index in [1.807, 2.05) is 4.90 Å². The van der Waals surface area contributed by atoms with Gasteiger partial charge in [-0.3, -0.25) is 4.79 Å². The van der Waals surface area contributed by atoms with Crippen molar-refractivity contribution in [2.45, 2.75) is 51.1 Å². The molecule has 4 heteroatoms. The predicted octanol–water partition coefficient (Wildman–Crippen LogP) is 1.30. The zero-order valence-corrected chi connectivity index (χ0v) is 12.9. The molecule has 0 aromatic heterocycles. The van der Waals surface area contributed by atoms with Gasteiger partial charge in [0.15, 0.2) is 0 Å². The topological polar surface area (TPSA) is 49.6 Å². The normalized spacial score (nSPS) is 39.9. The average Bonchev–Trinajstić information content (AvgIpc) is 2.70. The van der Waals surface area contributed by atoms with Gasteiger partial charge in [0.1, 0.15) is 0 Å². The van der Waals surface area contributed by atoms with Crippen molar-refractivity contribution >= 4 is 5.91 Å². The Labute approximate surface area is 117 Å². The fourth-order valence-corrected chi connectivity index (χ4v) is 3.89. The van der Waals surface area contributed by atoms with Crippen LogP contribution in [0.25, 0.3) is 0 Å². The van der Waals surface area contributed by atoms with Gasteiger partial charge in [-0.2, -0.15) is 0 Å². The second-order valence-corrected chi connectivity index (χ2v) is 7.08. The van der Waals surface area contributed by atoms with Crippen LogP contribution in [0.1, 0.15) is 39.5 Å². The fraction of sp³-hybridized carbons (Fsp3) is 0.933. The number of amides is 1. The van der Waals surface area contributed by atoms with E-state index in [0.717, 1.165) is 32.4 Å². The van der Waals surface area contributed by atoms with Crippen LogP contribution >= 0.6 is 0 Å². The van der Waals surface area contributed by atoms with Gasteiger partial charge in [0, 0.05) is 19.1 Å². The zero-order chi connectivity index (χ0) is 14.2. The molecule has 4 unspecified atom stereocenters. The monoisotopic (exact) mass is 267 g/mol. The molecule has 1 saturated heterocycles. The lowest BCUT2D eigenvalue weighted by Crippen LogP contribution is -2.57. The van der Waals surface area contributed by atoms with E-state index in [1.165, 1.54) is 6.42 Å². The third-order valence-electron chi connectivity index (χ3n) is 4.98. The zero-order valence-electron chi connectivity index (χ0n) is 12.9. The molecule has 1 heterocycles. The minimum absolute atomic E-state index is 0.190. The third-order valence-corrected chi connectivity index (χ3v) is 4.98. The number of hydrogen-bond donors (Lipinski definition) is 1. The SMILES string of the molecule is CC1CCCC(N)(C(=O)N2CC(C)C(N(C)C)C2)C1. The molecule has 0 aromatic rings. The molecule has 2 N–H and O–H groups in total. The maximum absolute atomic E-state index is 12.8. The van der Waals surface area contributed by atoms with Crippen LogP contribution in [0.4, 0.5) is 0 Å². The largest absolute Gasteiger partial charge is 0.339 e. The summed E-state index contributed by atoms with van der Waals surface area (Å²) in [4.78, 5) is 17.0. The van der Waals surface area contributed by atoms with Crippen LogP contribution in [-0.2, 0) is 4.79 Å². The minimum Gasteiger partial charge on any atom is -0.339 e. The van der Waals surface area contributed by atoms with Crippen LogP contribution in [0, 0.1) is 11.8 Å². The van der Waals surface area contributed by atoms with Gasteiger partial charge >= 0.3 is 0 Å². The summed E-state index contributed by atoms with van der Waals surface area (Å²) in [7, 11) is 4.19. The summed E-state index contributed by atoms with van der Waals surface area (Å²) in [6.45, 7) is 6.13. The molecule has 1 aliphatic heterocycles. The van der Waals surface area contributed by atoms with Crippen LogP contribution < -0.4 is 5.73 Å². The van der Waals surface area contributed by atoms with E-state index >= 15 is 0 Å². The smallest absolute Gasteiger partial charge is 0.242 e. The predicted molar refractivity (Wildman–Crippen MR) is 77.8 cm³/mol. The molecule has 0 spiro atoms. The Morgan fingerprint density at radius 3 is 2.53 bits per heavy atom. The maximum atomic E-state index is 12.8. The van der Waals surface area contributed by atoms with E-state index < -0.39 is 5.54 Å². The fourth-order valence-electron chi connectivity index (χ4n) is 3.89. The first-order valence-electron chi connectivity index (χ1n) is 7.58. The highest BCUT2D eigenvalue weighted by atomic mass is 16.2. The first-order chi connectivity index (χ1) is 8.83. The van der Waals surface area contributed by atoms with Crippen molar-refractivity contribution in [3.63, 3.8) is 0 Å². The second kappa shape index (κ2) is 5.41. The summed E-state index contributed by atoms with van der Waals surface area (Å²) in [5, 5.41) is 0. The van der Waals surface area contributed by atoms with Crippen molar-refractivity contribution in [3.05, 3.63) is 0 Å². The Kier molecular flexibility index (Phi) is 4.21. The highest BCUT2D eigenvalue weighted by Gasteiger charge is 2.44. The lowest BCUT2D eigenvalue weighted by Gasteiger charge is -2.38. The summed E-state index contributed by atoms with van der Waals surface area (Å²) in [6, 6.07) is 0.466. The molecular formula is C15H29N3O. The third kappa shape index (κ3) is 2.95. The molecule has 2 fully saturated rings. The summed E-state index contributed by atoms with van der Waals surface area (Å²) >= 11 is 0. The Hall–Kier alpha value is -0.610. The standard InChI is InChI=1S/C15H29N3O/c1-11-6-5-7-15(16,8-11)14(19)18-9-12(2)13(10-18)17(3)4/h11-13H,5-10,16H2,1-4H3. The minimum atomic E-state index is -0.599. The number of carbonyl (C=O) groups is 1. The second-order valence-electron chi connectivity index (χ2n) is 7.08. The highest BCUT2D eigenvalue weighted by molar-refractivity contribution is 5.86. The Bertz CT molecular complexity index is 344. The number of hydrogen-bond acceptors (Lipinski definition) is 3. The molecule has 0 aromatic carbocycles. The highest BCUT2D eigenvalue weighted by Crippen LogP contribution is 2.33. The van der Waals surface area contributed by atoms with Crippen LogP contribution in [0.5, 0.6) is 0 Å². The van der Waals surface area contributed by atoms with Gasteiger partial charge < -0.3 is 15.5 Å². The lowest BCUT2D eigenvalue weighted by molar-refractivity contribution is -0.138. The molecule has 2 rings (SSSR count). The van der Waals surface area contributed by atoms with Crippen molar-refractivity contribution in [2.24, 2.45) is 17.6 Å². The van der Waals surface area contributed by atoms with Gasteiger partial charge in [-0.05, 0) is 38.8 Å². The quantitative estimate of drug-likeness (QED) is 0.820. The van der Waals surface area contributed by atoms with Gasteiger partial charge in [-0.1, -0.05) is 26.7 Å². The number of likely N-dealkylation sites (tertiary alicyclic amines) is 1. The Morgan fingerprint density at radius 1 is 1.32 bits per heavy atom. The van der Waals surface area contributed by atoms with E-state index in [4.69, 9.17) is 5.73 Å². The molecule has 0 bridgehead atoms. The van der Waals surface area contributed by atoms with Crippen LogP contribution in [-0.4, -0.2) is 54.5 Å². The van der Waals surface area contributed by atoms with Crippen molar-refractivity contribution in [3.8, 4) is 0 Å².